The van der Waals surface area contributed by atoms with Gasteiger partial charge in [-0.25, -0.2) is 0 Å². The normalized spacial score (nSPS) is 33.3. The van der Waals surface area contributed by atoms with E-state index in [-0.39, 0.29) is 42.9 Å². The molecule has 0 aliphatic carbocycles. The standard InChI is InChI=1S/C20H26N2O4/c1-13-10-15(11-18(24)22-9-5-6-14(22)12-23)26-20(13)16-7-3-4-8-17(16)21(2)19(20)25/h3-4,7-8,13-15,23H,5-6,9-12H2,1-2H3/t13-,14+,15-,20+/m1/s1. The number of ether oxygens (including phenoxy) is 1. The highest BCUT2D eigenvalue weighted by molar-refractivity contribution is 6.07. The second-order valence-corrected chi connectivity index (χ2v) is 7.76. The minimum absolute atomic E-state index is 0.00566. The first-order valence-corrected chi connectivity index (χ1v) is 9.44. The molecule has 6 heteroatoms. The molecule has 0 saturated carbocycles. The number of fused-ring (bicyclic) bond motifs is 2. The van der Waals surface area contributed by atoms with E-state index in [0.29, 0.717) is 13.0 Å². The molecule has 6 nitrogen and oxygen atoms in total. The number of carbonyl (C=O) groups is 2. The molecule has 3 heterocycles. The van der Waals surface area contributed by atoms with Crippen molar-refractivity contribution in [3.05, 3.63) is 29.8 Å². The van der Waals surface area contributed by atoms with Gasteiger partial charge in [-0.3, -0.25) is 9.59 Å². The van der Waals surface area contributed by atoms with Crippen LogP contribution >= 0.6 is 0 Å². The number of benzene rings is 1. The Morgan fingerprint density at radius 3 is 2.92 bits per heavy atom. The molecule has 26 heavy (non-hydrogen) atoms. The molecular formula is C20H26N2O4. The number of carbonyl (C=O) groups excluding carboxylic acids is 2. The lowest BCUT2D eigenvalue weighted by Crippen LogP contribution is -2.43. The summed E-state index contributed by atoms with van der Waals surface area (Å²) in [5.74, 6) is -0.0236. The summed E-state index contributed by atoms with van der Waals surface area (Å²) in [6.07, 6.45) is 2.45. The van der Waals surface area contributed by atoms with Crippen LogP contribution in [0.1, 0.15) is 38.2 Å². The number of aliphatic hydroxyl groups is 1. The van der Waals surface area contributed by atoms with Gasteiger partial charge in [0, 0.05) is 25.1 Å². The summed E-state index contributed by atoms with van der Waals surface area (Å²) in [6.45, 7) is 2.74. The van der Waals surface area contributed by atoms with E-state index in [2.05, 4.69) is 0 Å². The van der Waals surface area contributed by atoms with Gasteiger partial charge in [0.1, 0.15) is 0 Å². The molecule has 0 aromatic heterocycles. The van der Waals surface area contributed by atoms with Crippen molar-refractivity contribution in [2.75, 3.05) is 25.1 Å². The molecule has 140 valence electrons. The van der Waals surface area contributed by atoms with Crippen LogP contribution in [0, 0.1) is 5.92 Å². The van der Waals surface area contributed by atoms with E-state index in [0.717, 1.165) is 24.1 Å². The molecule has 3 aliphatic heterocycles. The zero-order valence-corrected chi connectivity index (χ0v) is 15.4. The molecule has 2 amide bonds. The number of para-hydroxylation sites is 1. The Bertz CT molecular complexity index is 736. The van der Waals surface area contributed by atoms with E-state index in [1.54, 1.807) is 16.8 Å². The fraction of sp³-hybridized carbons (Fsp3) is 0.600. The van der Waals surface area contributed by atoms with Gasteiger partial charge >= 0.3 is 0 Å². The average molecular weight is 358 g/mol. The first kappa shape index (κ1) is 17.5. The van der Waals surface area contributed by atoms with E-state index in [9.17, 15) is 14.7 Å². The third-order valence-electron chi connectivity index (χ3n) is 6.26. The van der Waals surface area contributed by atoms with Gasteiger partial charge in [0.15, 0.2) is 5.60 Å². The first-order valence-electron chi connectivity index (χ1n) is 9.44. The molecule has 4 atom stereocenters. The van der Waals surface area contributed by atoms with Crippen LogP contribution in [0.3, 0.4) is 0 Å². The Morgan fingerprint density at radius 2 is 2.15 bits per heavy atom. The molecular weight excluding hydrogens is 332 g/mol. The Morgan fingerprint density at radius 1 is 1.38 bits per heavy atom. The Labute approximate surface area is 153 Å². The summed E-state index contributed by atoms with van der Waals surface area (Å²) < 4.78 is 6.33. The van der Waals surface area contributed by atoms with Crippen molar-refractivity contribution in [3.8, 4) is 0 Å². The van der Waals surface area contributed by atoms with E-state index < -0.39 is 5.60 Å². The van der Waals surface area contributed by atoms with Crippen molar-refractivity contribution in [1.29, 1.82) is 0 Å². The van der Waals surface area contributed by atoms with Crippen LogP contribution in [0.15, 0.2) is 24.3 Å². The lowest BCUT2D eigenvalue weighted by molar-refractivity contribution is -0.149. The van der Waals surface area contributed by atoms with Gasteiger partial charge < -0.3 is 19.6 Å². The maximum absolute atomic E-state index is 13.1. The van der Waals surface area contributed by atoms with Crippen molar-refractivity contribution in [3.63, 3.8) is 0 Å². The molecule has 1 aromatic carbocycles. The lowest BCUT2D eigenvalue weighted by Gasteiger charge is -2.28. The maximum Gasteiger partial charge on any atom is 0.264 e. The van der Waals surface area contributed by atoms with Crippen LogP contribution in [0.25, 0.3) is 0 Å². The van der Waals surface area contributed by atoms with Crippen LogP contribution in [0.4, 0.5) is 5.69 Å². The van der Waals surface area contributed by atoms with E-state index in [1.807, 2.05) is 31.2 Å². The van der Waals surface area contributed by atoms with Crippen molar-refractivity contribution >= 4 is 17.5 Å². The topological polar surface area (TPSA) is 70.1 Å². The molecule has 0 bridgehead atoms. The van der Waals surface area contributed by atoms with Gasteiger partial charge in [0.05, 0.1) is 30.9 Å². The lowest BCUT2D eigenvalue weighted by atomic mass is 9.83. The van der Waals surface area contributed by atoms with Crippen molar-refractivity contribution in [1.82, 2.24) is 4.90 Å². The molecule has 3 aliphatic rings. The summed E-state index contributed by atoms with van der Waals surface area (Å²) >= 11 is 0. The molecule has 0 radical (unpaired) electrons. The van der Waals surface area contributed by atoms with Crippen LogP contribution in [-0.4, -0.2) is 54.2 Å². The third-order valence-corrected chi connectivity index (χ3v) is 6.26. The molecule has 1 aromatic rings. The quantitative estimate of drug-likeness (QED) is 0.892. The van der Waals surface area contributed by atoms with Crippen LogP contribution in [0.5, 0.6) is 0 Å². The van der Waals surface area contributed by atoms with E-state index in [4.69, 9.17) is 4.74 Å². The zero-order chi connectivity index (χ0) is 18.5. The van der Waals surface area contributed by atoms with Gasteiger partial charge in [0.2, 0.25) is 5.91 Å². The zero-order valence-electron chi connectivity index (χ0n) is 15.4. The number of anilines is 1. The number of hydrogen-bond donors (Lipinski definition) is 1. The monoisotopic (exact) mass is 358 g/mol. The van der Waals surface area contributed by atoms with Gasteiger partial charge in [-0.1, -0.05) is 25.1 Å². The maximum atomic E-state index is 13.1. The number of likely N-dealkylation sites (N-methyl/N-ethyl adjacent to an activating group) is 1. The highest BCUT2D eigenvalue weighted by Crippen LogP contribution is 2.53. The number of likely N-dealkylation sites (tertiary alicyclic amines) is 1. The fourth-order valence-electron chi connectivity index (χ4n) is 4.92. The molecule has 1 N–H and O–H groups in total. The number of nitrogens with zero attached hydrogens (tertiary/aromatic N) is 2. The number of rotatable bonds is 3. The SMILES string of the molecule is C[C@@H]1C[C@H](CC(=O)N2CCC[C@H]2CO)O[C@@]12C(=O)N(C)c1ccccc12. The van der Waals surface area contributed by atoms with Crippen LogP contribution < -0.4 is 4.90 Å². The number of aliphatic hydroxyl groups excluding tert-OH is 1. The van der Waals surface area contributed by atoms with Crippen molar-refractivity contribution in [2.45, 2.75) is 50.4 Å². The molecule has 0 unspecified atom stereocenters. The fourth-order valence-corrected chi connectivity index (χ4v) is 4.92. The number of hydrogen-bond acceptors (Lipinski definition) is 4. The van der Waals surface area contributed by atoms with Gasteiger partial charge in [0.25, 0.3) is 5.91 Å². The summed E-state index contributed by atoms with van der Waals surface area (Å²) in [7, 11) is 1.78. The number of amides is 2. The van der Waals surface area contributed by atoms with Crippen molar-refractivity contribution in [2.24, 2.45) is 5.92 Å². The first-order chi connectivity index (χ1) is 12.5. The minimum Gasteiger partial charge on any atom is -0.394 e. The Hall–Kier alpha value is -1.92. The predicted octanol–water partition coefficient (Wildman–Crippen LogP) is 1.66. The minimum atomic E-state index is -0.975. The predicted molar refractivity (Wildman–Crippen MR) is 96.6 cm³/mol. The Balaban J connectivity index is 1.55. The summed E-state index contributed by atoms with van der Waals surface area (Å²) in [5.41, 5.74) is 0.818. The van der Waals surface area contributed by atoms with E-state index >= 15 is 0 Å². The highest BCUT2D eigenvalue weighted by Gasteiger charge is 2.59. The van der Waals surface area contributed by atoms with E-state index in [1.165, 1.54) is 0 Å². The van der Waals surface area contributed by atoms with Crippen LogP contribution in [-0.2, 0) is 19.9 Å². The summed E-state index contributed by atoms with van der Waals surface area (Å²) in [5, 5.41) is 9.45. The third kappa shape index (κ3) is 2.39. The molecule has 2 saturated heterocycles. The summed E-state index contributed by atoms with van der Waals surface area (Å²) in [4.78, 5) is 29.2. The second kappa shape index (κ2) is 6.35. The Kier molecular flexibility index (Phi) is 4.28. The molecule has 2 fully saturated rings. The van der Waals surface area contributed by atoms with Crippen LogP contribution in [0.2, 0.25) is 0 Å². The molecule has 4 rings (SSSR count). The smallest absolute Gasteiger partial charge is 0.264 e. The molecule has 1 spiro atoms. The van der Waals surface area contributed by atoms with Gasteiger partial charge in [-0.2, -0.15) is 0 Å². The average Bonchev–Trinajstić information content (AvgIpc) is 3.29. The second-order valence-electron chi connectivity index (χ2n) is 7.76. The van der Waals surface area contributed by atoms with Gasteiger partial charge in [-0.15, -0.1) is 0 Å². The van der Waals surface area contributed by atoms with Gasteiger partial charge in [-0.05, 0) is 25.3 Å². The largest absolute Gasteiger partial charge is 0.394 e. The van der Waals surface area contributed by atoms with Crippen molar-refractivity contribution < 1.29 is 19.4 Å². The summed E-state index contributed by atoms with van der Waals surface area (Å²) in [6, 6.07) is 7.67. The highest BCUT2D eigenvalue weighted by atomic mass is 16.5.